The Morgan fingerprint density at radius 2 is 1.72 bits per heavy atom. The fourth-order valence-corrected chi connectivity index (χ4v) is 3.72. The molecule has 1 amide bonds. The van der Waals surface area contributed by atoms with Gasteiger partial charge in [-0.05, 0) is 60.5 Å². The van der Waals surface area contributed by atoms with Crippen molar-refractivity contribution < 1.29 is 13.2 Å². The molecule has 6 nitrogen and oxygen atoms in total. The molecule has 0 atom stereocenters. The summed E-state index contributed by atoms with van der Waals surface area (Å²) in [4.78, 5) is 12.3. The number of carbonyl (C=O) groups excluding carboxylic acids is 1. The van der Waals surface area contributed by atoms with E-state index in [1.165, 1.54) is 30.5 Å². The minimum Gasteiger partial charge on any atom is -0.280 e. The molecule has 8 heteroatoms. The first-order chi connectivity index (χ1) is 13.8. The van der Waals surface area contributed by atoms with Gasteiger partial charge in [0.2, 0.25) is 0 Å². The highest BCUT2D eigenvalue weighted by atomic mass is 35.5. The Kier molecular flexibility index (Phi) is 6.31. The van der Waals surface area contributed by atoms with Gasteiger partial charge in [-0.2, -0.15) is 5.10 Å². The molecule has 0 saturated heterocycles. The van der Waals surface area contributed by atoms with Crippen LogP contribution in [0.2, 0.25) is 5.02 Å². The minimum atomic E-state index is -3.86. The van der Waals surface area contributed by atoms with Crippen LogP contribution in [-0.4, -0.2) is 20.5 Å². The summed E-state index contributed by atoms with van der Waals surface area (Å²) in [5.74, 6) is -0.515. The average Bonchev–Trinajstić information content (AvgIpc) is 2.71. The molecule has 3 aromatic carbocycles. The third kappa shape index (κ3) is 5.43. The van der Waals surface area contributed by atoms with Crippen molar-refractivity contribution in [3.05, 3.63) is 94.5 Å². The zero-order valence-electron chi connectivity index (χ0n) is 15.5. The Labute approximate surface area is 174 Å². The summed E-state index contributed by atoms with van der Waals surface area (Å²) in [7, 11) is -3.86. The third-order valence-electron chi connectivity index (χ3n) is 4.06. The summed E-state index contributed by atoms with van der Waals surface area (Å²) in [5.41, 5.74) is 4.84. The number of halogens is 1. The predicted octanol–water partition coefficient (Wildman–Crippen LogP) is 4.21. The molecule has 0 aliphatic rings. The SMILES string of the molecule is Cc1ccccc1/C=N/NC(=O)c1cccc(S(=O)(=O)Nc2ccc(Cl)cc2)c1. The minimum absolute atomic E-state index is 0.0389. The number of benzene rings is 3. The molecular weight excluding hydrogens is 410 g/mol. The Balaban J connectivity index is 1.73. The smallest absolute Gasteiger partial charge is 0.271 e. The van der Waals surface area contributed by atoms with Crippen LogP contribution < -0.4 is 10.1 Å². The fraction of sp³-hybridized carbons (Fsp3) is 0.0476. The first-order valence-corrected chi connectivity index (χ1v) is 10.5. The summed E-state index contributed by atoms with van der Waals surface area (Å²) in [6.07, 6.45) is 1.54. The molecule has 0 heterocycles. The molecule has 0 aliphatic carbocycles. The molecule has 3 rings (SSSR count). The standard InChI is InChI=1S/C21H18ClN3O3S/c1-15-5-2-3-6-17(15)14-23-24-21(26)16-7-4-8-20(13-16)29(27,28)25-19-11-9-18(22)10-12-19/h2-14,25H,1H3,(H,24,26)/b23-14+. The molecule has 0 aromatic heterocycles. The van der Waals surface area contributed by atoms with Gasteiger partial charge in [0.1, 0.15) is 0 Å². The van der Waals surface area contributed by atoms with E-state index in [9.17, 15) is 13.2 Å². The zero-order valence-corrected chi connectivity index (χ0v) is 17.0. The number of hydrogen-bond donors (Lipinski definition) is 2. The predicted molar refractivity (Wildman–Crippen MR) is 115 cm³/mol. The maximum absolute atomic E-state index is 12.6. The first kappa shape index (κ1) is 20.6. The van der Waals surface area contributed by atoms with E-state index in [0.717, 1.165) is 11.1 Å². The molecule has 148 valence electrons. The lowest BCUT2D eigenvalue weighted by Crippen LogP contribution is -2.19. The number of hydrogen-bond acceptors (Lipinski definition) is 4. The number of sulfonamides is 1. The van der Waals surface area contributed by atoms with Gasteiger partial charge in [-0.1, -0.05) is 41.9 Å². The normalized spacial score (nSPS) is 11.4. The highest BCUT2D eigenvalue weighted by Gasteiger charge is 2.16. The summed E-state index contributed by atoms with van der Waals surface area (Å²) < 4.78 is 27.6. The molecule has 0 radical (unpaired) electrons. The van der Waals surface area contributed by atoms with E-state index >= 15 is 0 Å². The topological polar surface area (TPSA) is 87.6 Å². The Morgan fingerprint density at radius 3 is 2.45 bits per heavy atom. The van der Waals surface area contributed by atoms with E-state index in [2.05, 4.69) is 15.2 Å². The first-order valence-electron chi connectivity index (χ1n) is 8.63. The van der Waals surface area contributed by atoms with Gasteiger partial charge in [-0.15, -0.1) is 0 Å². The van der Waals surface area contributed by atoms with Crippen LogP contribution in [0.1, 0.15) is 21.5 Å². The number of nitrogens with zero attached hydrogens (tertiary/aromatic N) is 1. The van der Waals surface area contributed by atoms with E-state index in [-0.39, 0.29) is 10.5 Å². The van der Waals surface area contributed by atoms with Crippen LogP contribution in [0, 0.1) is 6.92 Å². The van der Waals surface area contributed by atoms with Crippen LogP contribution in [-0.2, 0) is 10.0 Å². The van der Waals surface area contributed by atoms with E-state index in [1.54, 1.807) is 24.3 Å². The van der Waals surface area contributed by atoms with Crippen LogP contribution in [0.15, 0.2) is 82.8 Å². The zero-order chi connectivity index (χ0) is 20.9. The van der Waals surface area contributed by atoms with Gasteiger partial charge < -0.3 is 0 Å². The average molecular weight is 428 g/mol. The molecule has 0 spiro atoms. The van der Waals surface area contributed by atoms with Crippen molar-refractivity contribution in [3.8, 4) is 0 Å². The quantitative estimate of drug-likeness (QED) is 0.456. The highest BCUT2D eigenvalue weighted by molar-refractivity contribution is 7.92. The van der Waals surface area contributed by atoms with Gasteiger partial charge in [0.15, 0.2) is 0 Å². The van der Waals surface area contributed by atoms with Crippen LogP contribution in [0.4, 0.5) is 5.69 Å². The summed E-state index contributed by atoms with van der Waals surface area (Å²) >= 11 is 5.81. The van der Waals surface area contributed by atoms with Gasteiger partial charge in [-0.3, -0.25) is 9.52 Å². The van der Waals surface area contributed by atoms with Crippen molar-refractivity contribution in [1.82, 2.24) is 5.43 Å². The van der Waals surface area contributed by atoms with Crippen molar-refractivity contribution in [2.24, 2.45) is 5.10 Å². The number of carbonyl (C=O) groups is 1. The number of hydrazone groups is 1. The van der Waals surface area contributed by atoms with Crippen molar-refractivity contribution in [1.29, 1.82) is 0 Å². The molecule has 3 aromatic rings. The molecule has 0 saturated carbocycles. The number of aryl methyl sites for hydroxylation is 1. The largest absolute Gasteiger partial charge is 0.280 e. The van der Waals surface area contributed by atoms with Gasteiger partial charge in [0.25, 0.3) is 15.9 Å². The molecule has 0 aliphatic heterocycles. The second kappa shape index (κ2) is 8.89. The second-order valence-corrected chi connectivity index (χ2v) is 8.31. The summed E-state index contributed by atoms with van der Waals surface area (Å²) in [6, 6.07) is 19.6. The van der Waals surface area contributed by atoms with Crippen molar-refractivity contribution in [3.63, 3.8) is 0 Å². The highest BCUT2D eigenvalue weighted by Crippen LogP contribution is 2.19. The maximum Gasteiger partial charge on any atom is 0.271 e. The Bertz CT molecular complexity index is 1160. The van der Waals surface area contributed by atoms with Gasteiger partial charge >= 0.3 is 0 Å². The van der Waals surface area contributed by atoms with E-state index in [0.29, 0.717) is 10.7 Å². The lowest BCUT2D eigenvalue weighted by molar-refractivity contribution is 0.0955. The molecule has 29 heavy (non-hydrogen) atoms. The van der Waals surface area contributed by atoms with E-state index < -0.39 is 15.9 Å². The van der Waals surface area contributed by atoms with Crippen LogP contribution in [0.25, 0.3) is 0 Å². The lowest BCUT2D eigenvalue weighted by Gasteiger charge is -2.09. The third-order valence-corrected chi connectivity index (χ3v) is 5.69. The lowest BCUT2D eigenvalue weighted by atomic mass is 10.1. The molecule has 0 fully saturated rings. The molecule has 0 unspecified atom stereocenters. The van der Waals surface area contributed by atoms with Gasteiger partial charge in [0, 0.05) is 16.3 Å². The van der Waals surface area contributed by atoms with Crippen molar-refractivity contribution in [2.45, 2.75) is 11.8 Å². The fourth-order valence-electron chi connectivity index (χ4n) is 2.49. The van der Waals surface area contributed by atoms with E-state index in [1.807, 2.05) is 31.2 Å². The van der Waals surface area contributed by atoms with Crippen LogP contribution in [0.5, 0.6) is 0 Å². The number of amides is 1. The maximum atomic E-state index is 12.6. The van der Waals surface area contributed by atoms with E-state index in [4.69, 9.17) is 11.6 Å². The van der Waals surface area contributed by atoms with Gasteiger partial charge in [0.05, 0.1) is 11.1 Å². The monoisotopic (exact) mass is 427 g/mol. The Hall–Kier alpha value is -3.16. The number of anilines is 1. The van der Waals surface area contributed by atoms with Gasteiger partial charge in [-0.25, -0.2) is 13.8 Å². The van der Waals surface area contributed by atoms with Crippen LogP contribution in [0.3, 0.4) is 0 Å². The van der Waals surface area contributed by atoms with Crippen LogP contribution >= 0.6 is 11.6 Å². The molecular formula is C21H18ClN3O3S. The van der Waals surface area contributed by atoms with Crippen molar-refractivity contribution in [2.75, 3.05) is 4.72 Å². The van der Waals surface area contributed by atoms with Crippen molar-refractivity contribution >= 4 is 39.4 Å². The Morgan fingerprint density at radius 1 is 1.00 bits per heavy atom. The number of nitrogens with one attached hydrogen (secondary N) is 2. The molecule has 0 bridgehead atoms. The number of rotatable bonds is 6. The summed E-state index contributed by atoms with van der Waals surface area (Å²) in [5, 5.41) is 4.44. The molecule has 2 N–H and O–H groups in total. The second-order valence-electron chi connectivity index (χ2n) is 6.20. The summed E-state index contributed by atoms with van der Waals surface area (Å²) in [6.45, 7) is 1.94.